The molecule has 2 N–H and O–H groups in total. The summed E-state index contributed by atoms with van der Waals surface area (Å²) in [6.07, 6.45) is -3.23. The van der Waals surface area contributed by atoms with Crippen LogP contribution in [0.25, 0.3) is 33.5 Å². The second kappa shape index (κ2) is 11.4. The summed E-state index contributed by atoms with van der Waals surface area (Å²) in [5, 5.41) is 16.5. The first-order chi connectivity index (χ1) is 21.8. The van der Waals surface area contributed by atoms with E-state index >= 15 is 0 Å². The standard InChI is InChI=1S/C30H28F3N7O5S/c1-16-9-10-19(14-39(16)29(41)42)35-28-34-13-23(30(31,32)33)26(37-28)22-15-40(46(43,44)20-7-5-4-6-8-20)27-21(22)11-12-24(36-27)25-17(2)38-45-18(25)3/h4-8,11-13,15-16,19H,9-10,14H2,1-3H3,(H,41,42)(H,34,35,37)/t16-,19-/m0/s1. The minimum atomic E-state index is -4.90. The second-order valence-electron chi connectivity index (χ2n) is 11.1. The van der Waals surface area contributed by atoms with Gasteiger partial charge in [-0.25, -0.2) is 32.1 Å². The van der Waals surface area contributed by atoms with E-state index < -0.39 is 39.6 Å². The van der Waals surface area contributed by atoms with Crippen LogP contribution in [0.5, 0.6) is 0 Å². The Hall–Kier alpha value is -4.99. The van der Waals surface area contributed by atoms with Gasteiger partial charge in [0.1, 0.15) is 11.3 Å². The average Bonchev–Trinajstić information content (AvgIpc) is 3.57. The van der Waals surface area contributed by atoms with Crippen molar-refractivity contribution in [2.75, 3.05) is 11.9 Å². The monoisotopic (exact) mass is 655 g/mol. The summed E-state index contributed by atoms with van der Waals surface area (Å²) < 4.78 is 77.2. The fraction of sp³-hybridized carbons (Fsp3) is 0.300. The number of fused-ring (bicyclic) bond motifs is 1. The van der Waals surface area contributed by atoms with E-state index in [9.17, 15) is 31.5 Å². The van der Waals surface area contributed by atoms with Gasteiger partial charge < -0.3 is 19.8 Å². The van der Waals surface area contributed by atoms with Gasteiger partial charge >= 0.3 is 12.3 Å². The smallest absolute Gasteiger partial charge is 0.419 e. The van der Waals surface area contributed by atoms with Crippen LogP contribution in [0.1, 0.15) is 36.8 Å². The molecule has 46 heavy (non-hydrogen) atoms. The van der Waals surface area contributed by atoms with E-state index in [-0.39, 0.29) is 40.0 Å². The molecular weight excluding hydrogens is 627 g/mol. The SMILES string of the molecule is Cc1noc(C)c1-c1ccc2c(-c3nc(N[C@H]4CC[C@H](C)N(C(=O)O)C4)ncc3C(F)(F)F)cn(S(=O)(=O)c3ccccc3)c2n1. The van der Waals surface area contributed by atoms with Crippen molar-refractivity contribution in [1.82, 2.24) is 29.0 Å². The van der Waals surface area contributed by atoms with Gasteiger partial charge in [-0.2, -0.15) is 13.2 Å². The summed E-state index contributed by atoms with van der Waals surface area (Å²) in [4.78, 5) is 25.6. The molecule has 5 aromatic rings. The van der Waals surface area contributed by atoms with Crippen molar-refractivity contribution in [3.63, 3.8) is 0 Å². The van der Waals surface area contributed by atoms with E-state index in [1.165, 1.54) is 35.2 Å². The van der Waals surface area contributed by atoms with Crippen molar-refractivity contribution < 1.29 is 36.0 Å². The van der Waals surface area contributed by atoms with Crippen molar-refractivity contribution >= 4 is 33.1 Å². The van der Waals surface area contributed by atoms with Crippen LogP contribution in [0.2, 0.25) is 0 Å². The summed E-state index contributed by atoms with van der Waals surface area (Å²) in [5.74, 6) is 0.262. The molecular formula is C30H28F3N7O5S. The lowest BCUT2D eigenvalue weighted by molar-refractivity contribution is -0.137. The van der Waals surface area contributed by atoms with E-state index in [1.54, 1.807) is 32.9 Å². The number of aryl methyl sites for hydroxylation is 2. The van der Waals surface area contributed by atoms with Crippen molar-refractivity contribution in [3.05, 3.63) is 71.9 Å². The topological polar surface area (TPSA) is 156 Å². The highest BCUT2D eigenvalue weighted by Gasteiger charge is 2.38. The number of hydrogen-bond acceptors (Lipinski definition) is 9. The summed E-state index contributed by atoms with van der Waals surface area (Å²) in [6.45, 7) is 5.22. The molecule has 2 atom stereocenters. The zero-order valence-corrected chi connectivity index (χ0v) is 25.6. The maximum Gasteiger partial charge on any atom is 0.419 e. The third-order valence-corrected chi connectivity index (χ3v) is 9.68. The lowest BCUT2D eigenvalue weighted by Gasteiger charge is -2.36. The molecule has 0 unspecified atom stereocenters. The number of piperidine rings is 1. The number of hydrogen-bond donors (Lipinski definition) is 2. The van der Waals surface area contributed by atoms with Crippen LogP contribution >= 0.6 is 0 Å². The zero-order chi connectivity index (χ0) is 33.0. The Balaban J connectivity index is 1.54. The molecule has 1 aliphatic heterocycles. The van der Waals surface area contributed by atoms with Crippen molar-refractivity contribution in [2.45, 2.75) is 56.8 Å². The van der Waals surface area contributed by atoms with E-state index in [1.807, 2.05) is 0 Å². The van der Waals surface area contributed by atoms with Gasteiger partial charge in [-0.3, -0.25) is 0 Å². The van der Waals surface area contributed by atoms with Crippen molar-refractivity contribution in [1.29, 1.82) is 0 Å². The Kier molecular flexibility index (Phi) is 7.70. The Morgan fingerprint density at radius 1 is 1.09 bits per heavy atom. The number of carbonyl (C=O) groups is 1. The van der Waals surface area contributed by atoms with Gasteiger partial charge in [0.15, 0.2) is 5.65 Å². The maximum atomic E-state index is 14.4. The number of amides is 1. The molecule has 1 aliphatic rings. The molecule has 1 saturated heterocycles. The van der Waals surface area contributed by atoms with E-state index in [2.05, 4.69) is 25.4 Å². The van der Waals surface area contributed by atoms with Crippen LogP contribution in [-0.4, -0.2) is 67.2 Å². The molecule has 1 amide bonds. The Morgan fingerprint density at radius 2 is 1.83 bits per heavy atom. The zero-order valence-electron chi connectivity index (χ0n) is 24.8. The van der Waals surface area contributed by atoms with Crippen LogP contribution in [0.4, 0.5) is 23.9 Å². The maximum absolute atomic E-state index is 14.4. The number of anilines is 1. The first kappa shape index (κ1) is 31.0. The van der Waals surface area contributed by atoms with Gasteiger partial charge in [-0.05, 0) is 57.9 Å². The molecule has 0 radical (unpaired) electrons. The molecule has 4 aromatic heterocycles. The van der Waals surface area contributed by atoms with Gasteiger partial charge in [-0.15, -0.1) is 0 Å². The third kappa shape index (κ3) is 5.52. The van der Waals surface area contributed by atoms with Crippen LogP contribution < -0.4 is 5.32 Å². The van der Waals surface area contributed by atoms with Gasteiger partial charge in [0.25, 0.3) is 10.0 Å². The summed E-state index contributed by atoms with van der Waals surface area (Å²) in [6, 6.07) is 9.80. The summed E-state index contributed by atoms with van der Waals surface area (Å²) in [5.41, 5.74) is -0.691. The number of nitrogens with zero attached hydrogens (tertiary/aromatic N) is 6. The van der Waals surface area contributed by atoms with Gasteiger partial charge in [0.2, 0.25) is 5.95 Å². The van der Waals surface area contributed by atoms with Gasteiger partial charge in [-0.1, -0.05) is 23.4 Å². The molecule has 0 saturated carbocycles. The van der Waals surface area contributed by atoms with Crippen LogP contribution in [0.15, 0.2) is 64.3 Å². The lowest BCUT2D eigenvalue weighted by atomic mass is 10.00. The average molecular weight is 656 g/mol. The highest BCUT2D eigenvalue weighted by atomic mass is 32.2. The molecule has 16 heteroatoms. The van der Waals surface area contributed by atoms with Crippen LogP contribution in [0.3, 0.4) is 0 Å². The van der Waals surface area contributed by atoms with Crippen molar-refractivity contribution in [3.8, 4) is 22.5 Å². The lowest BCUT2D eigenvalue weighted by Crippen LogP contribution is -2.49. The predicted molar refractivity (Wildman–Crippen MR) is 161 cm³/mol. The highest BCUT2D eigenvalue weighted by molar-refractivity contribution is 7.90. The first-order valence-electron chi connectivity index (χ1n) is 14.2. The van der Waals surface area contributed by atoms with Gasteiger partial charge in [0.05, 0.1) is 27.5 Å². The van der Waals surface area contributed by atoms with Crippen LogP contribution in [0, 0.1) is 13.8 Å². The minimum absolute atomic E-state index is 0.0826. The van der Waals surface area contributed by atoms with Crippen molar-refractivity contribution in [2.24, 2.45) is 0 Å². The molecule has 0 aliphatic carbocycles. The molecule has 0 bridgehead atoms. The number of pyridine rings is 1. The number of aromatic nitrogens is 5. The van der Waals surface area contributed by atoms with Crippen LogP contribution in [-0.2, 0) is 16.2 Å². The highest BCUT2D eigenvalue weighted by Crippen LogP contribution is 2.41. The van der Waals surface area contributed by atoms with E-state index in [0.717, 1.165) is 10.2 Å². The quantitative estimate of drug-likeness (QED) is 0.224. The number of benzene rings is 1. The number of likely N-dealkylation sites (tertiary alicyclic amines) is 1. The second-order valence-corrected chi connectivity index (χ2v) is 12.9. The first-order valence-corrected chi connectivity index (χ1v) is 15.7. The largest absolute Gasteiger partial charge is 0.465 e. The minimum Gasteiger partial charge on any atom is -0.465 e. The molecule has 1 fully saturated rings. The molecule has 12 nitrogen and oxygen atoms in total. The number of rotatable bonds is 6. The fourth-order valence-corrected chi connectivity index (χ4v) is 7.02. The molecule has 6 rings (SSSR count). The molecule has 0 spiro atoms. The molecule has 5 heterocycles. The Morgan fingerprint density at radius 3 is 2.48 bits per heavy atom. The third-order valence-electron chi connectivity index (χ3n) is 8.02. The molecule has 240 valence electrons. The normalized spacial score (nSPS) is 17.4. The Bertz CT molecular complexity index is 2040. The number of nitrogens with one attached hydrogen (secondary N) is 1. The summed E-state index contributed by atoms with van der Waals surface area (Å²) >= 11 is 0. The number of carboxylic acid groups (broad SMARTS) is 1. The van der Waals surface area contributed by atoms with Gasteiger partial charge in [0, 0.05) is 42.0 Å². The Labute approximate surface area is 260 Å². The number of halogens is 3. The fourth-order valence-electron chi connectivity index (χ4n) is 5.68. The van der Waals surface area contributed by atoms with E-state index in [4.69, 9.17) is 4.52 Å². The number of alkyl halides is 3. The van der Waals surface area contributed by atoms with E-state index in [0.29, 0.717) is 41.8 Å². The molecule has 1 aromatic carbocycles. The predicted octanol–water partition coefficient (Wildman–Crippen LogP) is 5.96. The summed E-state index contributed by atoms with van der Waals surface area (Å²) in [7, 11) is -4.35.